The Morgan fingerprint density at radius 3 is 2.34 bits per heavy atom. The van der Waals surface area contributed by atoms with Crippen LogP contribution in [0, 0.1) is 17.8 Å². The van der Waals surface area contributed by atoms with E-state index in [2.05, 4.69) is 24.8 Å². The van der Waals surface area contributed by atoms with Crippen LogP contribution in [0.25, 0.3) is 11.3 Å². The molecule has 0 radical (unpaired) electrons. The summed E-state index contributed by atoms with van der Waals surface area (Å²) in [6.45, 7) is 9.03. The largest absolute Gasteiger partial charge is 0.419 e. The van der Waals surface area contributed by atoms with Gasteiger partial charge in [-0.2, -0.15) is 13.2 Å². The molecule has 3 aliphatic rings. The molecule has 0 bridgehead atoms. The Balaban J connectivity index is 0.000000171. The second kappa shape index (κ2) is 10.8. The lowest BCUT2D eigenvalue weighted by Gasteiger charge is -2.38. The zero-order valence-corrected chi connectivity index (χ0v) is 20.5. The quantitative estimate of drug-likeness (QED) is 0.570. The molecular formula is C25H36F4N6. The molecule has 3 N–H and O–H groups in total. The minimum Gasteiger partial charge on any atom is -0.383 e. The Bertz CT molecular complexity index is 957. The van der Waals surface area contributed by atoms with E-state index in [1.54, 1.807) is 0 Å². The minimum absolute atomic E-state index is 0.187. The number of pyridine rings is 1. The van der Waals surface area contributed by atoms with Crippen molar-refractivity contribution in [3.05, 3.63) is 29.8 Å². The maximum atomic E-state index is 12.8. The highest BCUT2D eigenvalue weighted by molar-refractivity contribution is 5.61. The third-order valence-corrected chi connectivity index (χ3v) is 7.31. The molecule has 0 amide bonds. The predicted octanol–water partition coefficient (Wildman–Crippen LogP) is 4.64. The molecule has 10 heteroatoms. The summed E-state index contributed by atoms with van der Waals surface area (Å²) < 4.78 is 50.5. The maximum Gasteiger partial charge on any atom is 0.419 e. The summed E-state index contributed by atoms with van der Waals surface area (Å²) in [4.78, 5) is 15.7. The number of aromatic amines is 1. The average Bonchev–Trinajstić information content (AvgIpc) is 3.17. The molecule has 3 fully saturated rings. The standard InChI is InChI=1S/C13H15F3N4.C12H21FN2/c1-7(2)3-11-18-6-10(20-11)8-4-9(13(14,15)16)12(17)19-5-8;13-1-2-14-3-5-15(6-4-14)12-8-10-7-11(10)9-12/h4-7H,3H2,1-2H3,(H2,17,19)(H,18,20);10-12H,1-9H2. The second-order valence-corrected chi connectivity index (χ2v) is 10.4. The van der Waals surface area contributed by atoms with Crippen molar-refractivity contribution in [3.8, 4) is 11.3 Å². The van der Waals surface area contributed by atoms with Crippen LogP contribution < -0.4 is 5.73 Å². The number of imidazole rings is 1. The summed E-state index contributed by atoms with van der Waals surface area (Å²) in [5, 5.41) is 0. The van der Waals surface area contributed by atoms with Crippen molar-refractivity contribution in [2.45, 2.75) is 51.7 Å². The number of aromatic nitrogens is 3. The van der Waals surface area contributed by atoms with E-state index in [9.17, 15) is 17.6 Å². The van der Waals surface area contributed by atoms with E-state index in [0.717, 1.165) is 49.3 Å². The first-order chi connectivity index (χ1) is 16.6. The van der Waals surface area contributed by atoms with Crippen LogP contribution in [0.2, 0.25) is 0 Å². The van der Waals surface area contributed by atoms with Crippen molar-refractivity contribution in [2.24, 2.45) is 17.8 Å². The number of H-pyrrole nitrogens is 1. The number of nitrogens with two attached hydrogens (primary N) is 1. The smallest absolute Gasteiger partial charge is 0.383 e. The van der Waals surface area contributed by atoms with E-state index < -0.39 is 17.6 Å². The molecule has 2 saturated carbocycles. The lowest BCUT2D eigenvalue weighted by atomic mass is 10.1. The van der Waals surface area contributed by atoms with Crippen molar-refractivity contribution in [1.29, 1.82) is 0 Å². The zero-order chi connectivity index (χ0) is 25.2. The molecule has 1 saturated heterocycles. The number of alkyl halides is 4. The molecule has 194 valence electrons. The van der Waals surface area contributed by atoms with Crippen molar-refractivity contribution >= 4 is 5.82 Å². The number of nitrogens with zero attached hydrogens (tertiary/aromatic N) is 4. The molecule has 1 aliphatic heterocycles. The number of anilines is 1. The van der Waals surface area contributed by atoms with E-state index in [1.165, 1.54) is 44.7 Å². The van der Waals surface area contributed by atoms with Crippen molar-refractivity contribution in [2.75, 3.05) is 45.1 Å². The normalized spacial score (nSPS) is 24.8. The summed E-state index contributed by atoms with van der Waals surface area (Å²) >= 11 is 0. The number of rotatable bonds is 6. The minimum atomic E-state index is -4.52. The maximum absolute atomic E-state index is 12.8. The lowest BCUT2D eigenvalue weighted by Crippen LogP contribution is -2.50. The van der Waals surface area contributed by atoms with Crippen molar-refractivity contribution < 1.29 is 17.6 Å². The van der Waals surface area contributed by atoms with E-state index in [0.29, 0.717) is 23.7 Å². The monoisotopic (exact) mass is 496 g/mol. The van der Waals surface area contributed by atoms with Gasteiger partial charge in [0.05, 0.1) is 17.5 Å². The fourth-order valence-corrected chi connectivity index (χ4v) is 5.30. The van der Waals surface area contributed by atoms with Gasteiger partial charge in [0.25, 0.3) is 0 Å². The van der Waals surface area contributed by atoms with Crippen molar-refractivity contribution in [3.63, 3.8) is 0 Å². The van der Waals surface area contributed by atoms with Gasteiger partial charge < -0.3 is 10.7 Å². The average molecular weight is 497 g/mol. The second-order valence-electron chi connectivity index (χ2n) is 10.4. The highest BCUT2D eigenvalue weighted by Gasteiger charge is 2.47. The Morgan fingerprint density at radius 2 is 1.74 bits per heavy atom. The fourth-order valence-electron chi connectivity index (χ4n) is 5.30. The summed E-state index contributed by atoms with van der Waals surface area (Å²) in [5.74, 6) is 2.78. The summed E-state index contributed by atoms with van der Waals surface area (Å²) in [7, 11) is 0. The van der Waals surface area contributed by atoms with Crippen LogP contribution in [-0.4, -0.2) is 70.2 Å². The van der Waals surface area contributed by atoms with Gasteiger partial charge in [0.15, 0.2) is 0 Å². The van der Waals surface area contributed by atoms with Gasteiger partial charge in [-0.3, -0.25) is 9.80 Å². The van der Waals surface area contributed by atoms with Gasteiger partial charge >= 0.3 is 6.18 Å². The van der Waals surface area contributed by atoms with Crippen LogP contribution in [0.15, 0.2) is 18.5 Å². The molecule has 3 heterocycles. The number of hydrogen-bond acceptors (Lipinski definition) is 5. The predicted molar refractivity (Wildman–Crippen MR) is 128 cm³/mol. The lowest BCUT2D eigenvalue weighted by molar-refractivity contribution is -0.137. The number of nitrogens with one attached hydrogen (secondary N) is 1. The SMILES string of the molecule is CC(C)Cc1ncc(-c2cnc(N)c(C(F)(F)F)c2)[nH]1.FCCN1CCN(C2CC3CC3C2)CC1. The third kappa shape index (κ3) is 6.73. The van der Waals surface area contributed by atoms with E-state index in [1.807, 2.05) is 13.8 Å². The van der Waals surface area contributed by atoms with E-state index in [-0.39, 0.29) is 6.67 Å². The van der Waals surface area contributed by atoms with Gasteiger partial charge in [-0.15, -0.1) is 0 Å². The first kappa shape index (κ1) is 25.9. The molecule has 2 aromatic rings. The summed E-state index contributed by atoms with van der Waals surface area (Å²) in [6, 6.07) is 1.86. The Morgan fingerprint density at radius 1 is 1.06 bits per heavy atom. The van der Waals surface area contributed by atoms with E-state index in [4.69, 9.17) is 5.73 Å². The van der Waals surface area contributed by atoms with Crippen LogP contribution in [0.1, 0.15) is 44.5 Å². The van der Waals surface area contributed by atoms with Crippen molar-refractivity contribution in [1.82, 2.24) is 24.8 Å². The molecule has 2 atom stereocenters. The molecule has 35 heavy (non-hydrogen) atoms. The zero-order valence-electron chi connectivity index (χ0n) is 20.5. The third-order valence-electron chi connectivity index (χ3n) is 7.31. The van der Waals surface area contributed by atoms with Crippen LogP contribution in [0.3, 0.4) is 0 Å². The summed E-state index contributed by atoms with van der Waals surface area (Å²) in [5.41, 5.74) is 5.15. The van der Waals surface area contributed by atoms with Crippen LogP contribution >= 0.6 is 0 Å². The van der Waals surface area contributed by atoms with Crippen LogP contribution in [-0.2, 0) is 12.6 Å². The molecule has 2 aliphatic carbocycles. The highest BCUT2D eigenvalue weighted by Crippen LogP contribution is 2.53. The molecule has 0 spiro atoms. The van der Waals surface area contributed by atoms with Crippen LogP contribution in [0.5, 0.6) is 0 Å². The van der Waals surface area contributed by atoms with Gasteiger partial charge in [-0.1, -0.05) is 13.8 Å². The Labute approximate surface area is 204 Å². The topological polar surface area (TPSA) is 74.1 Å². The highest BCUT2D eigenvalue weighted by atomic mass is 19.4. The number of piperazine rings is 1. The van der Waals surface area contributed by atoms with Gasteiger partial charge in [0, 0.05) is 56.9 Å². The first-order valence-electron chi connectivity index (χ1n) is 12.5. The molecule has 5 rings (SSSR count). The summed E-state index contributed by atoms with van der Waals surface area (Å²) in [6.07, 6.45) is 3.44. The van der Waals surface area contributed by atoms with Gasteiger partial charge in [0.1, 0.15) is 18.3 Å². The van der Waals surface area contributed by atoms with Gasteiger partial charge in [-0.25, -0.2) is 14.4 Å². The molecular weight excluding hydrogens is 460 g/mol. The molecule has 6 nitrogen and oxygen atoms in total. The van der Waals surface area contributed by atoms with Crippen LogP contribution in [0.4, 0.5) is 23.4 Å². The fraction of sp³-hybridized carbons (Fsp3) is 0.680. The first-order valence-corrected chi connectivity index (χ1v) is 12.5. The number of halogens is 4. The Hall–Kier alpha value is -2.20. The number of fused-ring (bicyclic) bond motifs is 1. The number of hydrogen-bond donors (Lipinski definition) is 2. The van der Waals surface area contributed by atoms with Gasteiger partial charge in [0.2, 0.25) is 0 Å². The van der Waals surface area contributed by atoms with Gasteiger partial charge in [-0.05, 0) is 43.1 Å². The number of nitrogen functional groups attached to an aromatic ring is 1. The van der Waals surface area contributed by atoms with E-state index >= 15 is 0 Å². The molecule has 2 unspecified atom stereocenters. The molecule has 2 aromatic heterocycles. The molecule has 0 aromatic carbocycles. The Kier molecular flexibility index (Phi) is 8.00.